The summed E-state index contributed by atoms with van der Waals surface area (Å²) in [5.74, 6) is 0.899. The van der Waals surface area contributed by atoms with E-state index in [2.05, 4.69) is 73.4 Å². The summed E-state index contributed by atoms with van der Waals surface area (Å²) >= 11 is 5.37. The first kappa shape index (κ1) is 25.5. The fraction of sp³-hybridized carbons (Fsp3) is 0.414. The molecule has 5 nitrogen and oxygen atoms in total. The van der Waals surface area contributed by atoms with E-state index in [1.165, 1.54) is 21.2 Å². The number of hydrogen-bond acceptors (Lipinski definition) is 5. The summed E-state index contributed by atoms with van der Waals surface area (Å²) in [6, 6.07) is 12.6. The molecule has 4 aromatic rings. The number of H-pyrrole nitrogens is 1. The second-order valence-electron chi connectivity index (χ2n) is 9.37. The maximum atomic E-state index is 6.43. The number of aryl methyl sites for hydroxylation is 2. The fourth-order valence-corrected chi connectivity index (χ4v) is 6.16. The normalized spacial score (nSPS) is 15.2. The van der Waals surface area contributed by atoms with E-state index in [4.69, 9.17) is 9.47 Å². The predicted octanol–water partition coefficient (Wildman–Crippen LogP) is 7.64. The van der Waals surface area contributed by atoms with Crippen molar-refractivity contribution >= 4 is 48.4 Å². The minimum atomic E-state index is 0.170. The second kappa shape index (κ2) is 12.4. The SMILES string of the molecule is Cc1nc2cc(OCCCCOC(CCCc3c[nH]c4c(Br)cccc34)N3CC=CCC3)ccc2s1. The Labute approximate surface area is 225 Å². The molecule has 1 unspecified atom stereocenters. The molecule has 36 heavy (non-hydrogen) atoms. The number of unbranched alkanes of at least 4 members (excludes halogenated alkanes) is 1. The fourth-order valence-electron chi connectivity index (χ4n) is 4.87. The first-order valence-electron chi connectivity index (χ1n) is 12.9. The number of nitrogens with one attached hydrogen (secondary N) is 1. The molecule has 0 fully saturated rings. The Bertz CT molecular complexity index is 1310. The number of benzene rings is 2. The van der Waals surface area contributed by atoms with Crippen molar-refractivity contribution in [2.45, 2.75) is 51.7 Å². The molecular weight excluding hydrogens is 534 g/mol. The maximum Gasteiger partial charge on any atom is 0.121 e. The van der Waals surface area contributed by atoms with Gasteiger partial charge < -0.3 is 14.5 Å². The Morgan fingerprint density at radius 1 is 1.14 bits per heavy atom. The highest BCUT2D eigenvalue weighted by atomic mass is 79.9. The van der Waals surface area contributed by atoms with Gasteiger partial charge in [0.15, 0.2) is 0 Å². The third-order valence-electron chi connectivity index (χ3n) is 6.73. The summed E-state index contributed by atoms with van der Waals surface area (Å²) in [5.41, 5.74) is 3.59. The Morgan fingerprint density at radius 2 is 2.06 bits per heavy atom. The van der Waals surface area contributed by atoms with Gasteiger partial charge in [-0.15, -0.1) is 11.3 Å². The van der Waals surface area contributed by atoms with Gasteiger partial charge in [0.05, 0.1) is 27.3 Å². The van der Waals surface area contributed by atoms with Crippen LogP contribution in [0.25, 0.3) is 21.1 Å². The first-order valence-corrected chi connectivity index (χ1v) is 14.5. The number of nitrogens with zero attached hydrogens (tertiary/aromatic N) is 2. The molecular formula is C29H34BrN3O2S. The summed E-state index contributed by atoms with van der Waals surface area (Å²) in [6.07, 6.45) is 13.1. The van der Waals surface area contributed by atoms with E-state index in [1.807, 2.05) is 19.1 Å². The molecule has 2 aromatic carbocycles. The third kappa shape index (κ3) is 6.38. The molecule has 1 aliphatic rings. The van der Waals surface area contributed by atoms with Gasteiger partial charge >= 0.3 is 0 Å². The number of thiazole rings is 1. The summed E-state index contributed by atoms with van der Waals surface area (Å²) in [4.78, 5) is 10.5. The van der Waals surface area contributed by atoms with E-state index < -0.39 is 0 Å². The number of aromatic amines is 1. The van der Waals surface area contributed by atoms with Gasteiger partial charge in [-0.2, -0.15) is 0 Å². The van der Waals surface area contributed by atoms with E-state index in [9.17, 15) is 0 Å². The number of halogens is 1. The second-order valence-corrected chi connectivity index (χ2v) is 11.5. The molecule has 0 saturated heterocycles. The monoisotopic (exact) mass is 567 g/mol. The van der Waals surface area contributed by atoms with Crippen LogP contribution in [0.3, 0.4) is 0 Å². The molecule has 1 atom stereocenters. The lowest BCUT2D eigenvalue weighted by Crippen LogP contribution is -2.39. The van der Waals surface area contributed by atoms with Gasteiger partial charge in [0.2, 0.25) is 0 Å². The van der Waals surface area contributed by atoms with Crippen LogP contribution in [0, 0.1) is 6.92 Å². The molecule has 0 saturated carbocycles. The molecule has 1 N–H and O–H groups in total. The topological polar surface area (TPSA) is 50.4 Å². The lowest BCUT2D eigenvalue weighted by Gasteiger charge is -2.32. The van der Waals surface area contributed by atoms with Gasteiger partial charge in [-0.1, -0.05) is 24.3 Å². The molecule has 5 rings (SSSR count). The number of ether oxygens (including phenoxy) is 2. The van der Waals surface area contributed by atoms with Crippen molar-refractivity contribution in [3.05, 3.63) is 69.8 Å². The molecule has 7 heteroatoms. The largest absolute Gasteiger partial charge is 0.494 e. The van der Waals surface area contributed by atoms with Crippen molar-refractivity contribution in [3.8, 4) is 5.75 Å². The van der Waals surface area contributed by atoms with E-state index in [-0.39, 0.29) is 6.23 Å². The van der Waals surface area contributed by atoms with Crippen LogP contribution in [0.2, 0.25) is 0 Å². The number of hydrogen-bond donors (Lipinski definition) is 1. The highest BCUT2D eigenvalue weighted by molar-refractivity contribution is 9.10. The highest BCUT2D eigenvalue weighted by Crippen LogP contribution is 2.27. The van der Waals surface area contributed by atoms with Crippen LogP contribution >= 0.6 is 27.3 Å². The average Bonchev–Trinajstić information content (AvgIpc) is 3.48. The Morgan fingerprint density at radius 3 is 2.94 bits per heavy atom. The lowest BCUT2D eigenvalue weighted by molar-refractivity contribution is -0.0625. The summed E-state index contributed by atoms with van der Waals surface area (Å²) < 4.78 is 14.7. The number of fused-ring (bicyclic) bond motifs is 2. The van der Waals surface area contributed by atoms with E-state index in [0.717, 1.165) is 79.0 Å². The van der Waals surface area contributed by atoms with Crippen molar-refractivity contribution in [2.75, 3.05) is 26.3 Å². The zero-order chi connectivity index (χ0) is 24.7. The molecule has 2 aromatic heterocycles. The van der Waals surface area contributed by atoms with Gasteiger partial charge in [-0.25, -0.2) is 4.98 Å². The van der Waals surface area contributed by atoms with Crippen LogP contribution in [0.1, 0.15) is 42.7 Å². The summed E-state index contributed by atoms with van der Waals surface area (Å²) in [6.45, 7) is 5.55. The molecule has 0 amide bonds. The van der Waals surface area contributed by atoms with Crippen LogP contribution < -0.4 is 4.74 Å². The Hall–Kier alpha value is -2.19. The number of rotatable bonds is 12. The predicted molar refractivity (Wildman–Crippen MR) is 153 cm³/mol. The van der Waals surface area contributed by atoms with Crippen molar-refractivity contribution in [1.82, 2.24) is 14.9 Å². The van der Waals surface area contributed by atoms with E-state index in [0.29, 0.717) is 6.61 Å². The minimum Gasteiger partial charge on any atom is -0.494 e. The van der Waals surface area contributed by atoms with E-state index >= 15 is 0 Å². The van der Waals surface area contributed by atoms with Crippen LogP contribution in [-0.4, -0.2) is 47.4 Å². The molecule has 3 heterocycles. The van der Waals surface area contributed by atoms with Crippen molar-refractivity contribution < 1.29 is 9.47 Å². The van der Waals surface area contributed by atoms with Gasteiger partial charge in [-0.3, -0.25) is 4.90 Å². The number of aromatic nitrogens is 2. The van der Waals surface area contributed by atoms with Crippen molar-refractivity contribution in [2.24, 2.45) is 0 Å². The summed E-state index contributed by atoms with van der Waals surface area (Å²) in [7, 11) is 0. The molecule has 0 radical (unpaired) electrons. The van der Waals surface area contributed by atoms with Crippen molar-refractivity contribution in [1.29, 1.82) is 0 Å². The van der Waals surface area contributed by atoms with Gasteiger partial charge in [0.25, 0.3) is 0 Å². The Kier molecular flexibility index (Phi) is 8.75. The van der Waals surface area contributed by atoms with Crippen molar-refractivity contribution in [3.63, 3.8) is 0 Å². The van der Waals surface area contributed by atoms with Gasteiger partial charge in [-0.05, 0) is 85.1 Å². The Balaban J connectivity index is 1.07. The van der Waals surface area contributed by atoms with Crippen LogP contribution in [0.4, 0.5) is 0 Å². The smallest absolute Gasteiger partial charge is 0.121 e. The maximum absolute atomic E-state index is 6.43. The van der Waals surface area contributed by atoms with Crippen LogP contribution in [0.5, 0.6) is 5.75 Å². The molecule has 190 valence electrons. The first-order chi connectivity index (χ1) is 17.7. The van der Waals surface area contributed by atoms with Gasteiger partial charge in [0.1, 0.15) is 12.0 Å². The molecule has 1 aliphatic heterocycles. The van der Waals surface area contributed by atoms with E-state index in [1.54, 1.807) is 11.3 Å². The van der Waals surface area contributed by atoms with Gasteiger partial charge in [0, 0.05) is 41.8 Å². The van der Waals surface area contributed by atoms with Crippen LogP contribution in [0.15, 0.2) is 59.2 Å². The third-order valence-corrected chi connectivity index (χ3v) is 8.34. The standard InChI is InChI=1S/C29H34BrN3O2S/c1-21-32-26-19-23(13-14-27(26)36-21)34-17-5-6-18-35-28(33-15-3-2-4-16-33)12-7-9-22-20-31-29-24(22)10-8-11-25(29)30/h2-3,8,10-11,13-14,19-20,28,31H,4-7,9,12,15-18H2,1H3. The highest BCUT2D eigenvalue weighted by Gasteiger charge is 2.19. The molecule has 0 bridgehead atoms. The summed E-state index contributed by atoms with van der Waals surface area (Å²) in [5, 5.41) is 2.40. The average molecular weight is 569 g/mol. The zero-order valence-electron chi connectivity index (χ0n) is 20.8. The quantitative estimate of drug-likeness (QED) is 0.141. The molecule has 0 spiro atoms. The van der Waals surface area contributed by atoms with Crippen LogP contribution in [-0.2, 0) is 11.2 Å². The lowest BCUT2D eigenvalue weighted by atomic mass is 10.1. The number of para-hydroxylation sites is 1. The minimum absolute atomic E-state index is 0.170. The zero-order valence-corrected chi connectivity index (χ0v) is 23.2. The molecule has 0 aliphatic carbocycles.